The molecule has 0 saturated carbocycles. The molecule has 0 N–H and O–H groups in total. The second kappa shape index (κ2) is 7.34. The van der Waals surface area contributed by atoms with Gasteiger partial charge in [-0.15, -0.1) is 5.10 Å². The number of hydrogen-bond acceptors (Lipinski definition) is 8. The summed E-state index contributed by atoms with van der Waals surface area (Å²) in [5.41, 5.74) is 3.36. The van der Waals surface area contributed by atoms with E-state index in [0.717, 1.165) is 22.7 Å². The van der Waals surface area contributed by atoms with Crippen molar-refractivity contribution in [3.05, 3.63) is 64.5 Å². The van der Waals surface area contributed by atoms with E-state index in [0.29, 0.717) is 32.7 Å². The lowest BCUT2D eigenvalue weighted by Gasteiger charge is -2.06. The Hall–Kier alpha value is -2.97. The summed E-state index contributed by atoms with van der Waals surface area (Å²) in [6.07, 6.45) is 6.32. The van der Waals surface area contributed by atoms with Gasteiger partial charge in [-0.25, -0.2) is 4.98 Å². The molecule has 0 saturated heterocycles. The van der Waals surface area contributed by atoms with E-state index in [-0.39, 0.29) is 12.2 Å². The number of ketones is 1. The number of hydrogen-bond donors (Lipinski definition) is 0. The number of oxazole rings is 1. The lowest BCUT2D eigenvalue weighted by Crippen LogP contribution is -2.05. The Kier molecular flexibility index (Phi) is 4.74. The van der Waals surface area contributed by atoms with Crippen molar-refractivity contribution in [1.82, 2.24) is 24.5 Å². The molecule has 4 aromatic rings. The predicted molar refractivity (Wildman–Crippen MR) is 101 cm³/mol. The zero-order valence-corrected chi connectivity index (χ0v) is 15.7. The molecule has 134 valence electrons. The number of aromatic nitrogens is 5. The Morgan fingerprint density at radius 2 is 2.11 bits per heavy atom. The third-order valence-corrected chi connectivity index (χ3v) is 5.11. The highest BCUT2D eigenvalue weighted by molar-refractivity contribution is 7.08. The van der Waals surface area contributed by atoms with Crippen LogP contribution < -0.4 is 0 Å². The number of benzene rings is 1. The van der Waals surface area contributed by atoms with Crippen LogP contribution in [0, 0.1) is 6.92 Å². The molecule has 0 unspecified atom stereocenters. The molecule has 27 heavy (non-hydrogen) atoms. The topological polar surface area (TPSA) is 94.7 Å². The molecule has 0 amide bonds. The number of carbonyl (C=O) groups is 1. The van der Waals surface area contributed by atoms with Gasteiger partial charge in [0, 0.05) is 17.3 Å². The third kappa shape index (κ3) is 3.62. The number of carbonyl (C=O) groups excluding carboxylic acids is 1. The summed E-state index contributed by atoms with van der Waals surface area (Å²) in [7, 11) is 0. The van der Waals surface area contributed by atoms with Crippen molar-refractivity contribution in [3.8, 4) is 22.6 Å². The van der Waals surface area contributed by atoms with Crippen LogP contribution in [-0.2, 0) is 6.42 Å². The highest BCUT2D eigenvalue weighted by Crippen LogP contribution is 2.31. The molecule has 0 fully saturated rings. The first-order chi connectivity index (χ1) is 13.1. The molecular weight excluding hydrogens is 386 g/mol. The molecule has 0 atom stereocenters. The van der Waals surface area contributed by atoms with Gasteiger partial charge in [0.25, 0.3) is 0 Å². The van der Waals surface area contributed by atoms with E-state index in [1.165, 1.54) is 6.39 Å². The van der Waals surface area contributed by atoms with E-state index in [2.05, 4.69) is 24.5 Å². The molecule has 0 bridgehead atoms. The maximum absolute atomic E-state index is 12.3. The lowest BCUT2D eigenvalue weighted by molar-refractivity contribution is 0.0995. The van der Waals surface area contributed by atoms with Gasteiger partial charge in [-0.1, -0.05) is 16.1 Å². The summed E-state index contributed by atoms with van der Waals surface area (Å²) in [4.78, 5) is 25.5. The number of nitrogens with zero attached hydrogens (tertiary/aromatic N) is 5. The first-order valence-corrected chi connectivity index (χ1v) is 9.09. The van der Waals surface area contributed by atoms with Gasteiger partial charge in [0.05, 0.1) is 40.9 Å². The Bertz CT molecular complexity index is 1090. The van der Waals surface area contributed by atoms with Crippen LogP contribution in [0.1, 0.15) is 21.1 Å². The fourth-order valence-electron chi connectivity index (χ4n) is 2.55. The number of aryl methyl sites for hydroxylation is 1. The van der Waals surface area contributed by atoms with Crippen molar-refractivity contribution in [2.24, 2.45) is 0 Å². The second-order valence-electron chi connectivity index (χ2n) is 5.74. The molecule has 0 aliphatic carbocycles. The molecule has 0 spiro atoms. The third-order valence-electron chi connectivity index (χ3n) is 3.91. The van der Waals surface area contributed by atoms with Crippen LogP contribution in [0.3, 0.4) is 0 Å². The average Bonchev–Trinajstić information content (AvgIpc) is 3.35. The zero-order chi connectivity index (χ0) is 18.8. The molecule has 1 aromatic carbocycles. The number of Topliss-reactive ketones (excluding diaryl/α,β-unsaturated/α-hetero) is 1. The molecule has 3 aromatic heterocycles. The average molecular weight is 398 g/mol. The molecule has 9 heteroatoms. The van der Waals surface area contributed by atoms with Crippen molar-refractivity contribution < 1.29 is 9.21 Å². The standard InChI is InChI=1S/C18H12ClN5O2S/c1-10-18(27-24-23-10)16(25)5-12-6-22-15(7-21-12)13-4-11(2-3-14(13)19)17-8-20-9-26-17/h2-4,6-9H,5H2,1H3. The molecule has 4 rings (SSSR count). The minimum absolute atomic E-state index is 0.0742. The summed E-state index contributed by atoms with van der Waals surface area (Å²) >= 11 is 7.41. The Morgan fingerprint density at radius 1 is 1.22 bits per heavy atom. The van der Waals surface area contributed by atoms with Crippen LogP contribution in [0.15, 0.2) is 47.6 Å². The maximum Gasteiger partial charge on any atom is 0.182 e. The smallest absolute Gasteiger partial charge is 0.182 e. The van der Waals surface area contributed by atoms with Crippen LogP contribution in [0.5, 0.6) is 0 Å². The largest absolute Gasteiger partial charge is 0.444 e. The predicted octanol–water partition coefficient (Wildman–Crippen LogP) is 4.04. The van der Waals surface area contributed by atoms with E-state index in [1.54, 1.807) is 31.6 Å². The summed E-state index contributed by atoms with van der Waals surface area (Å²) in [5.74, 6) is 0.562. The van der Waals surface area contributed by atoms with Crippen molar-refractivity contribution in [2.45, 2.75) is 13.3 Å². The van der Waals surface area contributed by atoms with E-state index in [1.807, 2.05) is 12.1 Å². The van der Waals surface area contributed by atoms with Crippen LogP contribution >= 0.6 is 23.1 Å². The molecule has 3 heterocycles. The fourth-order valence-corrected chi connectivity index (χ4v) is 3.36. The Balaban J connectivity index is 1.58. The Labute approximate surface area is 163 Å². The van der Waals surface area contributed by atoms with E-state index >= 15 is 0 Å². The maximum atomic E-state index is 12.3. The minimum atomic E-state index is -0.0742. The number of halogens is 1. The van der Waals surface area contributed by atoms with Crippen LogP contribution in [0.25, 0.3) is 22.6 Å². The summed E-state index contributed by atoms with van der Waals surface area (Å²) < 4.78 is 9.11. The van der Waals surface area contributed by atoms with Gasteiger partial charge >= 0.3 is 0 Å². The summed E-state index contributed by atoms with van der Waals surface area (Å²) in [6.45, 7) is 1.76. The molecule has 0 radical (unpaired) electrons. The SMILES string of the molecule is Cc1nnsc1C(=O)Cc1cnc(-c2cc(-c3cnco3)ccc2Cl)cn1. The quantitative estimate of drug-likeness (QED) is 0.469. The van der Waals surface area contributed by atoms with Crippen molar-refractivity contribution in [1.29, 1.82) is 0 Å². The lowest BCUT2D eigenvalue weighted by atomic mass is 10.1. The van der Waals surface area contributed by atoms with Crippen LogP contribution in [0.4, 0.5) is 0 Å². The molecule has 0 aliphatic rings. The monoisotopic (exact) mass is 397 g/mol. The minimum Gasteiger partial charge on any atom is -0.444 e. The Morgan fingerprint density at radius 3 is 2.78 bits per heavy atom. The van der Waals surface area contributed by atoms with Gasteiger partial charge in [-0.05, 0) is 36.7 Å². The highest BCUT2D eigenvalue weighted by Gasteiger charge is 2.15. The van der Waals surface area contributed by atoms with E-state index < -0.39 is 0 Å². The normalized spacial score (nSPS) is 10.9. The van der Waals surface area contributed by atoms with Crippen LogP contribution in [-0.4, -0.2) is 30.3 Å². The van der Waals surface area contributed by atoms with Gasteiger partial charge < -0.3 is 4.42 Å². The van der Waals surface area contributed by atoms with E-state index in [4.69, 9.17) is 16.0 Å². The van der Waals surface area contributed by atoms with Gasteiger partial charge in [0.15, 0.2) is 17.9 Å². The fraction of sp³-hybridized carbons (Fsp3) is 0.111. The van der Waals surface area contributed by atoms with Crippen molar-refractivity contribution >= 4 is 28.9 Å². The first kappa shape index (κ1) is 17.4. The molecular formula is C18H12ClN5O2S. The van der Waals surface area contributed by atoms with Gasteiger partial charge in [0.1, 0.15) is 4.88 Å². The summed E-state index contributed by atoms with van der Waals surface area (Å²) in [6, 6.07) is 5.48. The number of rotatable bonds is 5. The van der Waals surface area contributed by atoms with Crippen molar-refractivity contribution in [3.63, 3.8) is 0 Å². The van der Waals surface area contributed by atoms with Crippen molar-refractivity contribution in [2.75, 3.05) is 0 Å². The van der Waals surface area contributed by atoms with Crippen LogP contribution in [0.2, 0.25) is 5.02 Å². The molecule has 7 nitrogen and oxygen atoms in total. The van der Waals surface area contributed by atoms with Gasteiger partial charge in [-0.3, -0.25) is 14.8 Å². The van der Waals surface area contributed by atoms with E-state index in [9.17, 15) is 4.79 Å². The summed E-state index contributed by atoms with van der Waals surface area (Å²) in [5, 5.41) is 4.40. The second-order valence-corrected chi connectivity index (χ2v) is 6.90. The zero-order valence-electron chi connectivity index (χ0n) is 14.1. The molecule has 0 aliphatic heterocycles. The van der Waals surface area contributed by atoms with Gasteiger partial charge in [0.2, 0.25) is 0 Å². The highest BCUT2D eigenvalue weighted by atomic mass is 35.5. The first-order valence-electron chi connectivity index (χ1n) is 7.93. The van der Waals surface area contributed by atoms with Gasteiger partial charge in [-0.2, -0.15) is 0 Å².